The first-order valence-corrected chi connectivity index (χ1v) is 7.53. The maximum Gasteiger partial charge on any atom is 0.242 e. The van der Waals surface area contributed by atoms with Crippen LogP contribution in [0.4, 0.5) is 10.1 Å². The van der Waals surface area contributed by atoms with Crippen LogP contribution in [-0.4, -0.2) is 18.5 Å². The van der Waals surface area contributed by atoms with Gasteiger partial charge >= 0.3 is 0 Å². The third-order valence-corrected chi connectivity index (χ3v) is 3.27. The summed E-state index contributed by atoms with van der Waals surface area (Å²) in [7, 11) is 0. The molecule has 0 radical (unpaired) electrons. The SMILES string of the molecule is C#CCNC(=O)C(C)Nc1cccc(OCc2cccc(F)c2)c1. The number of carbonyl (C=O) groups excluding carboxylic acids is 1. The molecule has 2 N–H and O–H groups in total. The number of terminal acetylenes is 1. The van der Waals surface area contributed by atoms with Crippen molar-refractivity contribution in [1.82, 2.24) is 5.32 Å². The third kappa shape index (κ3) is 5.33. The lowest BCUT2D eigenvalue weighted by atomic mass is 10.2. The van der Waals surface area contributed by atoms with Crippen molar-refractivity contribution >= 4 is 11.6 Å². The van der Waals surface area contributed by atoms with Gasteiger partial charge in [-0.15, -0.1) is 6.42 Å². The molecule has 0 aliphatic carbocycles. The summed E-state index contributed by atoms with van der Waals surface area (Å²) >= 11 is 0. The number of nitrogens with one attached hydrogen (secondary N) is 2. The van der Waals surface area contributed by atoms with E-state index < -0.39 is 6.04 Å². The zero-order chi connectivity index (χ0) is 17.4. The Hall–Kier alpha value is -3.00. The van der Waals surface area contributed by atoms with E-state index in [1.807, 2.05) is 12.1 Å². The third-order valence-electron chi connectivity index (χ3n) is 3.27. The van der Waals surface area contributed by atoms with Gasteiger partial charge in [0.05, 0.1) is 6.54 Å². The van der Waals surface area contributed by atoms with Gasteiger partial charge in [-0.2, -0.15) is 0 Å². The van der Waals surface area contributed by atoms with Gasteiger partial charge in [0.15, 0.2) is 0 Å². The second kappa shape index (κ2) is 8.59. The Balaban J connectivity index is 1.93. The molecular weight excluding hydrogens is 307 g/mol. The molecule has 2 aromatic rings. The lowest BCUT2D eigenvalue weighted by Crippen LogP contribution is -2.37. The van der Waals surface area contributed by atoms with Crippen LogP contribution < -0.4 is 15.4 Å². The molecule has 0 aromatic heterocycles. The van der Waals surface area contributed by atoms with E-state index in [1.54, 1.807) is 31.2 Å². The lowest BCUT2D eigenvalue weighted by Gasteiger charge is -2.15. The number of carbonyl (C=O) groups is 1. The highest BCUT2D eigenvalue weighted by Crippen LogP contribution is 2.19. The van der Waals surface area contributed by atoms with Crippen molar-refractivity contribution in [2.75, 3.05) is 11.9 Å². The Labute approximate surface area is 141 Å². The van der Waals surface area contributed by atoms with Gasteiger partial charge in [-0.05, 0) is 36.8 Å². The van der Waals surface area contributed by atoms with Crippen LogP contribution in [0.1, 0.15) is 12.5 Å². The molecule has 1 atom stereocenters. The molecule has 24 heavy (non-hydrogen) atoms. The number of rotatable bonds is 7. The second-order valence-electron chi connectivity index (χ2n) is 5.23. The first kappa shape index (κ1) is 17.4. The Morgan fingerprint density at radius 1 is 1.29 bits per heavy atom. The van der Waals surface area contributed by atoms with E-state index in [0.29, 0.717) is 5.75 Å². The van der Waals surface area contributed by atoms with Crippen LogP contribution in [0.25, 0.3) is 0 Å². The number of hydrogen-bond donors (Lipinski definition) is 2. The van der Waals surface area contributed by atoms with Gasteiger partial charge in [-0.3, -0.25) is 4.79 Å². The normalized spacial score (nSPS) is 11.2. The Kier molecular flexibility index (Phi) is 6.21. The maximum atomic E-state index is 13.1. The van der Waals surface area contributed by atoms with Crippen LogP contribution in [0.3, 0.4) is 0 Å². The summed E-state index contributed by atoms with van der Waals surface area (Å²) < 4.78 is 18.8. The molecule has 2 rings (SSSR count). The minimum Gasteiger partial charge on any atom is -0.489 e. The van der Waals surface area contributed by atoms with E-state index >= 15 is 0 Å². The molecule has 0 aliphatic heterocycles. The number of halogens is 1. The predicted octanol–water partition coefficient (Wildman–Crippen LogP) is 2.95. The molecule has 0 saturated heterocycles. The maximum absolute atomic E-state index is 13.1. The molecule has 0 saturated carbocycles. The van der Waals surface area contributed by atoms with Crippen LogP contribution in [0.2, 0.25) is 0 Å². The van der Waals surface area contributed by atoms with Crippen LogP contribution in [0.15, 0.2) is 48.5 Å². The monoisotopic (exact) mass is 326 g/mol. The van der Waals surface area contributed by atoms with Gasteiger partial charge in [0.2, 0.25) is 5.91 Å². The first-order chi connectivity index (χ1) is 11.6. The van der Waals surface area contributed by atoms with Crippen molar-refractivity contribution in [3.63, 3.8) is 0 Å². The van der Waals surface area contributed by atoms with Gasteiger partial charge in [0.25, 0.3) is 0 Å². The van der Waals surface area contributed by atoms with Gasteiger partial charge in [-0.1, -0.05) is 24.1 Å². The van der Waals surface area contributed by atoms with Crippen LogP contribution in [0, 0.1) is 18.2 Å². The number of hydrogen-bond acceptors (Lipinski definition) is 3. The molecule has 4 nitrogen and oxygen atoms in total. The molecule has 0 bridgehead atoms. The van der Waals surface area contributed by atoms with E-state index in [-0.39, 0.29) is 24.9 Å². The fraction of sp³-hybridized carbons (Fsp3) is 0.211. The van der Waals surface area contributed by atoms with Crippen molar-refractivity contribution in [1.29, 1.82) is 0 Å². The van der Waals surface area contributed by atoms with E-state index in [2.05, 4.69) is 16.6 Å². The van der Waals surface area contributed by atoms with Crippen molar-refractivity contribution < 1.29 is 13.9 Å². The summed E-state index contributed by atoms with van der Waals surface area (Å²) in [4.78, 5) is 11.8. The number of ether oxygens (including phenoxy) is 1. The van der Waals surface area contributed by atoms with Crippen LogP contribution in [0.5, 0.6) is 5.75 Å². The molecular formula is C19H19FN2O2. The van der Waals surface area contributed by atoms with E-state index in [9.17, 15) is 9.18 Å². The van der Waals surface area contributed by atoms with Crippen molar-refractivity contribution in [3.8, 4) is 18.1 Å². The summed E-state index contributed by atoms with van der Waals surface area (Å²) in [5.74, 6) is 2.51. The predicted molar refractivity (Wildman–Crippen MR) is 92.1 cm³/mol. The quantitative estimate of drug-likeness (QED) is 0.769. The summed E-state index contributed by atoms with van der Waals surface area (Å²) in [5, 5.41) is 5.69. The fourth-order valence-corrected chi connectivity index (χ4v) is 2.08. The molecule has 0 spiro atoms. The minimum absolute atomic E-state index is 0.181. The summed E-state index contributed by atoms with van der Waals surface area (Å²) in [6.45, 7) is 2.20. The van der Waals surface area contributed by atoms with E-state index in [1.165, 1.54) is 12.1 Å². The highest BCUT2D eigenvalue weighted by Gasteiger charge is 2.11. The minimum atomic E-state index is -0.434. The summed E-state index contributed by atoms with van der Waals surface area (Å²) in [5.41, 5.74) is 1.49. The molecule has 1 amide bonds. The fourth-order valence-electron chi connectivity index (χ4n) is 2.08. The number of amides is 1. The Bertz CT molecular complexity index is 740. The number of anilines is 1. The number of benzene rings is 2. The zero-order valence-electron chi connectivity index (χ0n) is 13.4. The van der Waals surface area contributed by atoms with Crippen molar-refractivity contribution in [3.05, 3.63) is 59.9 Å². The molecule has 124 valence electrons. The van der Waals surface area contributed by atoms with Crippen LogP contribution >= 0.6 is 0 Å². The highest BCUT2D eigenvalue weighted by molar-refractivity contribution is 5.84. The van der Waals surface area contributed by atoms with Gasteiger partial charge in [0, 0.05) is 11.8 Å². The van der Waals surface area contributed by atoms with Gasteiger partial charge in [0.1, 0.15) is 24.2 Å². The highest BCUT2D eigenvalue weighted by atomic mass is 19.1. The Morgan fingerprint density at radius 2 is 2.08 bits per heavy atom. The average Bonchev–Trinajstić information content (AvgIpc) is 2.58. The van der Waals surface area contributed by atoms with E-state index in [4.69, 9.17) is 11.2 Å². The summed E-state index contributed by atoms with van der Waals surface area (Å²) in [6, 6.07) is 13.1. The van der Waals surface area contributed by atoms with E-state index in [0.717, 1.165) is 11.3 Å². The molecule has 5 heteroatoms. The molecule has 0 fully saturated rings. The lowest BCUT2D eigenvalue weighted by molar-refractivity contribution is -0.121. The largest absolute Gasteiger partial charge is 0.489 e. The average molecular weight is 326 g/mol. The molecule has 1 unspecified atom stereocenters. The molecule has 2 aromatic carbocycles. The van der Waals surface area contributed by atoms with Gasteiger partial charge < -0.3 is 15.4 Å². The van der Waals surface area contributed by atoms with Crippen molar-refractivity contribution in [2.45, 2.75) is 19.6 Å². The standard InChI is InChI=1S/C19H19FN2O2/c1-3-10-21-19(23)14(2)22-17-8-5-9-18(12-17)24-13-15-6-4-7-16(20)11-15/h1,4-9,11-12,14,22H,10,13H2,2H3,(H,21,23). The first-order valence-electron chi connectivity index (χ1n) is 7.53. The van der Waals surface area contributed by atoms with Crippen LogP contribution in [-0.2, 0) is 11.4 Å². The molecule has 0 aliphatic rings. The molecule has 0 heterocycles. The second-order valence-corrected chi connectivity index (χ2v) is 5.23. The smallest absolute Gasteiger partial charge is 0.242 e. The topological polar surface area (TPSA) is 50.4 Å². The zero-order valence-corrected chi connectivity index (χ0v) is 13.4. The van der Waals surface area contributed by atoms with Gasteiger partial charge in [-0.25, -0.2) is 4.39 Å². The summed E-state index contributed by atoms with van der Waals surface area (Å²) in [6.07, 6.45) is 5.11. The van der Waals surface area contributed by atoms with Crippen molar-refractivity contribution in [2.24, 2.45) is 0 Å². The Morgan fingerprint density at radius 3 is 2.83 bits per heavy atom.